The first kappa shape index (κ1) is 8.48. The molecule has 0 fully saturated rings. The molecule has 0 atom stereocenters. The van der Waals surface area contributed by atoms with E-state index in [0.717, 1.165) is 12.8 Å². The second-order valence-electron chi connectivity index (χ2n) is 2.27. The van der Waals surface area contributed by atoms with Gasteiger partial charge in [0.25, 0.3) is 0 Å². The first-order chi connectivity index (χ1) is 4.31. The van der Waals surface area contributed by atoms with Gasteiger partial charge in [-0.15, -0.1) is 6.58 Å². The lowest BCUT2D eigenvalue weighted by Gasteiger charge is -1.91. The van der Waals surface area contributed by atoms with Gasteiger partial charge in [0.05, 0.1) is 0 Å². The predicted molar refractivity (Wildman–Crippen MR) is 43.5 cm³/mol. The van der Waals surface area contributed by atoms with Crippen LogP contribution >= 0.6 is 0 Å². The highest BCUT2D eigenvalue weighted by Gasteiger charge is 1.80. The number of hydrogen-bond acceptors (Lipinski definition) is 0. The minimum absolute atomic E-state index is 1.11. The summed E-state index contributed by atoms with van der Waals surface area (Å²) in [5, 5.41) is 0. The van der Waals surface area contributed by atoms with E-state index in [1.165, 1.54) is 12.0 Å². The molecule has 0 aromatic rings. The van der Waals surface area contributed by atoms with E-state index in [2.05, 4.69) is 26.5 Å². The summed E-state index contributed by atoms with van der Waals surface area (Å²) in [5.41, 5.74) is 1.48. The van der Waals surface area contributed by atoms with E-state index >= 15 is 0 Å². The molecule has 0 nitrogen and oxygen atoms in total. The van der Waals surface area contributed by atoms with Crippen LogP contribution in [0.4, 0.5) is 0 Å². The van der Waals surface area contributed by atoms with Crippen LogP contribution in [0.2, 0.25) is 0 Å². The van der Waals surface area contributed by atoms with E-state index in [9.17, 15) is 0 Å². The second kappa shape index (κ2) is 5.61. The Hall–Kier alpha value is -0.520. The number of unbranched alkanes of at least 4 members (excludes halogenated alkanes) is 1. The van der Waals surface area contributed by atoms with E-state index in [4.69, 9.17) is 0 Å². The Balaban J connectivity index is 3.31. The van der Waals surface area contributed by atoms with Crippen LogP contribution in [-0.2, 0) is 0 Å². The summed E-state index contributed by atoms with van der Waals surface area (Å²) in [6.07, 6.45) is 7.68. The van der Waals surface area contributed by atoms with E-state index < -0.39 is 0 Å². The molecule has 0 bridgehead atoms. The van der Waals surface area contributed by atoms with Gasteiger partial charge in [-0.1, -0.05) is 24.6 Å². The molecule has 0 saturated carbocycles. The average Bonchev–Trinajstić information content (AvgIpc) is 1.89. The third-order valence-electron chi connectivity index (χ3n) is 1.42. The highest BCUT2D eigenvalue weighted by atomic mass is 13.9. The van der Waals surface area contributed by atoms with Crippen molar-refractivity contribution in [2.75, 3.05) is 0 Å². The maximum Gasteiger partial charge on any atom is -0.0314 e. The monoisotopic (exact) mass is 124 g/mol. The molecule has 0 N–H and O–H groups in total. The molecule has 0 aliphatic heterocycles. The summed E-state index contributed by atoms with van der Waals surface area (Å²) in [4.78, 5) is 0. The van der Waals surface area contributed by atoms with Crippen molar-refractivity contribution >= 4 is 0 Å². The summed E-state index contributed by atoms with van der Waals surface area (Å²) in [6, 6.07) is 0. The van der Waals surface area contributed by atoms with Gasteiger partial charge in [-0.3, -0.25) is 0 Å². The molecule has 0 spiro atoms. The Morgan fingerprint density at radius 1 is 1.44 bits per heavy atom. The molecule has 52 valence electrons. The van der Waals surface area contributed by atoms with Gasteiger partial charge in [0.1, 0.15) is 0 Å². The smallest absolute Gasteiger partial charge is 0.0314 e. The van der Waals surface area contributed by atoms with Gasteiger partial charge < -0.3 is 0 Å². The maximum absolute atomic E-state index is 3.65. The molecule has 0 unspecified atom stereocenters. The van der Waals surface area contributed by atoms with E-state index in [1.54, 1.807) is 0 Å². The molecular formula is C9H16. The SMILES string of the molecule is C=CCCC=C(C)CC. The molecule has 0 radical (unpaired) electrons. The molecule has 0 aromatic heterocycles. The van der Waals surface area contributed by atoms with Gasteiger partial charge in [-0.2, -0.15) is 0 Å². The first-order valence-corrected chi connectivity index (χ1v) is 3.57. The molecule has 0 rings (SSSR count). The summed E-state index contributed by atoms with van der Waals surface area (Å²) in [5.74, 6) is 0. The Kier molecular flexibility index (Phi) is 5.29. The van der Waals surface area contributed by atoms with E-state index in [0.29, 0.717) is 0 Å². The van der Waals surface area contributed by atoms with Gasteiger partial charge in [-0.25, -0.2) is 0 Å². The molecule has 0 heteroatoms. The fourth-order valence-corrected chi connectivity index (χ4v) is 0.592. The molecule has 9 heavy (non-hydrogen) atoms. The fourth-order valence-electron chi connectivity index (χ4n) is 0.592. The van der Waals surface area contributed by atoms with Crippen LogP contribution < -0.4 is 0 Å². The zero-order valence-electron chi connectivity index (χ0n) is 6.48. The zero-order valence-corrected chi connectivity index (χ0v) is 6.48. The Morgan fingerprint density at radius 2 is 2.11 bits per heavy atom. The topological polar surface area (TPSA) is 0 Å². The van der Waals surface area contributed by atoms with E-state index in [-0.39, 0.29) is 0 Å². The third-order valence-corrected chi connectivity index (χ3v) is 1.42. The Labute approximate surface area is 58.3 Å². The summed E-state index contributed by atoms with van der Waals surface area (Å²) < 4.78 is 0. The van der Waals surface area contributed by atoms with Crippen LogP contribution in [0.5, 0.6) is 0 Å². The first-order valence-electron chi connectivity index (χ1n) is 3.57. The molecule has 0 aliphatic rings. The maximum atomic E-state index is 3.65. The number of hydrogen-bond donors (Lipinski definition) is 0. The van der Waals surface area contributed by atoms with Gasteiger partial charge >= 0.3 is 0 Å². The Morgan fingerprint density at radius 3 is 2.56 bits per heavy atom. The van der Waals surface area contributed by atoms with Crippen molar-refractivity contribution in [2.45, 2.75) is 33.1 Å². The molecule has 0 aromatic carbocycles. The third kappa shape index (κ3) is 5.35. The van der Waals surface area contributed by atoms with Crippen molar-refractivity contribution in [1.82, 2.24) is 0 Å². The summed E-state index contributed by atoms with van der Waals surface area (Å²) in [7, 11) is 0. The summed E-state index contributed by atoms with van der Waals surface area (Å²) >= 11 is 0. The van der Waals surface area contributed by atoms with Crippen molar-refractivity contribution in [3.63, 3.8) is 0 Å². The van der Waals surface area contributed by atoms with Crippen molar-refractivity contribution in [3.05, 3.63) is 24.3 Å². The van der Waals surface area contributed by atoms with Crippen molar-refractivity contribution in [1.29, 1.82) is 0 Å². The molecule has 0 heterocycles. The normalized spacial score (nSPS) is 11.6. The predicted octanol–water partition coefficient (Wildman–Crippen LogP) is 3.31. The van der Waals surface area contributed by atoms with E-state index in [1.807, 2.05) is 6.08 Å². The van der Waals surface area contributed by atoms with Crippen LogP contribution in [0.25, 0.3) is 0 Å². The highest BCUT2D eigenvalue weighted by molar-refractivity contribution is 4.97. The van der Waals surface area contributed by atoms with Crippen molar-refractivity contribution in [3.8, 4) is 0 Å². The minimum Gasteiger partial charge on any atom is -0.103 e. The highest BCUT2D eigenvalue weighted by Crippen LogP contribution is 2.01. The second-order valence-corrected chi connectivity index (χ2v) is 2.27. The fraction of sp³-hybridized carbons (Fsp3) is 0.556. The largest absolute Gasteiger partial charge is 0.103 e. The standard InChI is InChI=1S/C9H16/c1-4-6-7-8-9(3)5-2/h4,8H,1,5-7H2,2-3H3. The van der Waals surface area contributed by atoms with Gasteiger partial charge in [-0.05, 0) is 26.2 Å². The lowest BCUT2D eigenvalue weighted by atomic mass is 10.2. The zero-order chi connectivity index (χ0) is 7.11. The lowest BCUT2D eigenvalue weighted by molar-refractivity contribution is 1.00. The Bertz CT molecular complexity index is 98.6. The van der Waals surface area contributed by atoms with Gasteiger partial charge in [0.15, 0.2) is 0 Å². The molecule has 0 amide bonds. The van der Waals surface area contributed by atoms with Gasteiger partial charge in [0, 0.05) is 0 Å². The van der Waals surface area contributed by atoms with Crippen LogP contribution in [0.3, 0.4) is 0 Å². The number of allylic oxidation sites excluding steroid dienone is 3. The minimum atomic E-state index is 1.11. The average molecular weight is 124 g/mol. The van der Waals surface area contributed by atoms with Crippen molar-refractivity contribution < 1.29 is 0 Å². The van der Waals surface area contributed by atoms with Crippen LogP contribution in [0.15, 0.2) is 24.3 Å². The molecule has 0 saturated heterocycles. The van der Waals surface area contributed by atoms with Crippen molar-refractivity contribution in [2.24, 2.45) is 0 Å². The quantitative estimate of drug-likeness (QED) is 0.398. The van der Waals surface area contributed by atoms with Crippen LogP contribution in [0, 0.1) is 0 Å². The lowest BCUT2D eigenvalue weighted by Crippen LogP contribution is -1.71. The van der Waals surface area contributed by atoms with Crippen LogP contribution in [0.1, 0.15) is 33.1 Å². The van der Waals surface area contributed by atoms with Crippen LogP contribution in [-0.4, -0.2) is 0 Å². The number of rotatable bonds is 4. The van der Waals surface area contributed by atoms with Gasteiger partial charge in [0.2, 0.25) is 0 Å². The summed E-state index contributed by atoms with van der Waals surface area (Å²) in [6.45, 7) is 8.00. The molecule has 0 aliphatic carbocycles. The molecular weight excluding hydrogens is 108 g/mol.